The second kappa shape index (κ2) is 2.48. The van der Waals surface area contributed by atoms with E-state index >= 15 is 0 Å². The van der Waals surface area contributed by atoms with Crippen LogP contribution in [0.2, 0.25) is 0 Å². The summed E-state index contributed by atoms with van der Waals surface area (Å²) in [6.45, 7) is 0. The molecule has 0 atom stereocenters. The summed E-state index contributed by atoms with van der Waals surface area (Å²) < 4.78 is 0. The van der Waals surface area contributed by atoms with E-state index in [-0.39, 0.29) is 5.91 Å². The van der Waals surface area contributed by atoms with Crippen molar-refractivity contribution in [2.24, 2.45) is 9.98 Å². The molecule has 3 nitrogen and oxygen atoms in total. The number of fused-ring (bicyclic) bond motifs is 3. The van der Waals surface area contributed by atoms with Gasteiger partial charge in [0, 0.05) is 23.4 Å². The predicted molar refractivity (Wildman–Crippen MR) is 51.8 cm³/mol. The monoisotopic (exact) mass is 182 g/mol. The van der Waals surface area contributed by atoms with Crippen LogP contribution in [-0.4, -0.2) is 5.91 Å². The van der Waals surface area contributed by atoms with Crippen LogP contribution < -0.4 is 10.7 Å². The lowest BCUT2D eigenvalue weighted by atomic mass is 10.1. The SMILES string of the molecule is O=C1C=Cc2ccc3c(c2=N1)=NC=C3. The van der Waals surface area contributed by atoms with Gasteiger partial charge >= 0.3 is 0 Å². The highest BCUT2D eigenvalue weighted by atomic mass is 16.1. The number of amides is 1. The van der Waals surface area contributed by atoms with Gasteiger partial charge in [-0.15, -0.1) is 0 Å². The van der Waals surface area contributed by atoms with Crippen molar-refractivity contribution in [1.82, 2.24) is 0 Å². The first-order valence-electron chi connectivity index (χ1n) is 4.33. The summed E-state index contributed by atoms with van der Waals surface area (Å²) in [7, 11) is 0. The van der Waals surface area contributed by atoms with Crippen LogP contribution in [0.5, 0.6) is 0 Å². The van der Waals surface area contributed by atoms with Gasteiger partial charge in [-0.05, 0) is 12.2 Å². The first-order chi connectivity index (χ1) is 6.84. The van der Waals surface area contributed by atoms with E-state index in [1.807, 2.05) is 18.2 Å². The molecule has 2 aliphatic rings. The Kier molecular flexibility index (Phi) is 1.31. The molecule has 3 heteroatoms. The average molecular weight is 182 g/mol. The fourth-order valence-corrected chi connectivity index (χ4v) is 1.63. The molecule has 0 N–H and O–H groups in total. The number of carbonyl (C=O) groups is 1. The van der Waals surface area contributed by atoms with Gasteiger partial charge in [0.2, 0.25) is 0 Å². The molecule has 0 saturated heterocycles. The van der Waals surface area contributed by atoms with Crippen LogP contribution in [0.25, 0.3) is 12.2 Å². The molecule has 0 fully saturated rings. The predicted octanol–water partition coefficient (Wildman–Crippen LogP) is 0.464. The van der Waals surface area contributed by atoms with Crippen molar-refractivity contribution < 1.29 is 4.79 Å². The molecular formula is C11H6N2O. The molecule has 1 aromatic carbocycles. The molecule has 0 saturated carbocycles. The molecule has 0 bridgehead atoms. The first kappa shape index (κ1) is 7.38. The molecule has 0 aliphatic carbocycles. The summed E-state index contributed by atoms with van der Waals surface area (Å²) in [6.07, 6.45) is 6.88. The van der Waals surface area contributed by atoms with Crippen molar-refractivity contribution in [3.05, 3.63) is 46.3 Å². The maximum Gasteiger partial charge on any atom is 0.270 e. The van der Waals surface area contributed by atoms with Crippen molar-refractivity contribution in [1.29, 1.82) is 0 Å². The Morgan fingerprint density at radius 2 is 1.71 bits per heavy atom. The van der Waals surface area contributed by atoms with Gasteiger partial charge in [-0.2, -0.15) is 0 Å². The van der Waals surface area contributed by atoms with E-state index in [4.69, 9.17) is 0 Å². The third kappa shape index (κ3) is 0.893. The molecule has 0 aromatic heterocycles. The second-order valence-electron chi connectivity index (χ2n) is 3.17. The molecule has 2 heterocycles. The maximum atomic E-state index is 11.1. The smallest absolute Gasteiger partial charge is 0.267 e. The maximum absolute atomic E-state index is 11.1. The van der Waals surface area contributed by atoms with Gasteiger partial charge in [-0.25, -0.2) is 4.99 Å². The number of hydrogen-bond acceptors (Lipinski definition) is 2. The molecule has 3 rings (SSSR count). The standard InChI is InChI=1S/C11H6N2O/c14-9-4-3-7-1-2-8-5-6-12-10(8)11(7)13-9/h1-6H. The minimum atomic E-state index is -0.215. The molecule has 0 radical (unpaired) electrons. The van der Waals surface area contributed by atoms with Crippen molar-refractivity contribution in [3.8, 4) is 0 Å². The Morgan fingerprint density at radius 3 is 2.57 bits per heavy atom. The second-order valence-corrected chi connectivity index (χ2v) is 3.17. The summed E-state index contributed by atoms with van der Waals surface area (Å²) in [5.74, 6) is -0.215. The van der Waals surface area contributed by atoms with E-state index in [0.717, 1.165) is 16.5 Å². The Morgan fingerprint density at radius 1 is 0.929 bits per heavy atom. The molecule has 2 aliphatic heterocycles. The minimum absolute atomic E-state index is 0.215. The lowest BCUT2D eigenvalue weighted by Crippen LogP contribution is -2.31. The molecule has 14 heavy (non-hydrogen) atoms. The lowest BCUT2D eigenvalue weighted by molar-refractivity contribution is -0.113. The van der Waals surface area contributed by atoms with Gasteiger partial charge in [-0.1, -0.05) is 12.1 Å². The summed E-state index contributed by atoms with van der Waals surface area (Å²) in [5.41, 5.74) is 1.98. The van der Waals surface area contributed by atoms with Crippen molar-refractivity contribution in [2.75, 3.05) is 0 Å². The van der Waals surface area contributed by atoms with Crippen LogP contribution in [0.1, 0.15) is 11.1 Å². The van der Waals surface area contributed by atoms with Crippen LogP contribution in [0.15, 0.2) is 34.4 Å². The average Bonchev–Trinajstić information content (AvgIpc) is 2.65. The van der Waals surface area contributed by atoms with Gasteiger partial charge in [0.25, 0.3) is 5.91 Å². The van der Waals surface area contributed by atoms with Crippen molar-refractivity contribution in [3.63, 3.8) is 0 Å². The van der Waals surface area contributed by atoms with Crippen molar-refractivity contribution >= 4 is 18.1 Å². The molecule has 66 valence electrons. The first-order valence-corrected chi connectivity index (χ1v) is 4.33. The van der Waals surface area contributed by atoms with Crippen LogP contribution in [0.4, 0.5) is 0 Å². The van der Waals surface area contributed by atoms with Gasteiger partial charge in [0.05, 0.1) is 5.36 Å². The zero-order valence-corrected chi connectivity index (χ0v) is 7.27. The van der Waals surface area contributed by atoms with Gasteiger partial charge in [-0.3, -0.25) is 9.79 Å². The highest BCUT2D eigenvalue weighted by Gasteiger charge is 2.08. The number of nitrogens with zero attached hydrogens (tertiary/aromatic N) is 2. The van der Waals surface area contributed by atoms with E-state index in [9.17, 15) is 4.79 Å². The summed E-state index contributed by atoms with van der Waals surface area (Å²) in [5, 5.41) is 1.50. The Balaban J connectivity index is 2.51. The zero-order valence-electron chi connectivity index (χ0n) is 7.27. The van der Waals surface area contributed by atoms with E-state index in [1.54, 1.807) is 12.3 Å². The molecule has 1 aromatic rings. The number of carbonyl (C=O) groups excluding carboxylic acids is 1. The summed E-state index contributed by atoms with van der Waals surface area (Å²) in [4.78, 5) is 19.3. The highest BCUT2D eigenvalue weighted by Crippen LogP contribution is 2.04. The lowest BCUT2D eigenvalue weighted by Gasteiger charge is -2.00. The van der Waals surface area contributed by atoms with Crippen LogP contribution in [0.3, 0.4) is 0 Å². The fraction of sp³-hybridized carbons (Fsp3) is 0. The largest absolute Gasteiger partial charge is 0.270 e. The molecule has 0 spiro atoms. The quantitative estimate of drug-likeness (QED) is 0.574. The van der Waals surface area contributed by atoms with Gasteiger partial charge in [0.15, 0.2) is 0 Å². The Bertz CT molecular complexity index is 609. The fourth-order valence-electron chi connectivity index (χ4n) is 1.63. The number of rotatable bonds is 0. The molecular weight excluding hydrogens is 176 g/mol. The zero-order chi connectivity index (χ0) is 9.54. The Hall–Kier alpha value is -2.03. The number of benzene rings is 1. The van der Waals surface area contributed by atoms with E-state index in [0.29, 0.717) is 5.36 Å². The van der Waals surface area contributed by atoms with Crippen LogP contribution in [0, 0.1) is 0 Å². The van der Waals surface area contributed by atoms with Gasteiger partial charge < -0.3 is 0 Å². The topological polar surface area (TPSA) is 41.8 Å². The Labute approximate surface area is 79.8 Å². The van der Waals surface area contributed by atoms with Gasteiger partial charge in [0.1, 0.15) is 5.36 Å². The molecule has 0 unspecified atom stereocenters. The molecule has 1 amide bonds. The van der Waals surface area contributed by atoms with E-state index < -0.39 is 0 Å². The van der Waals surface area contributed by atoms with Crippen LogP contribution >= 0.6 is 0 Å². The highest BCUT2D eigenvalue weighted by molar-refractivity contribution is 5.94. The summed E-state index contributed by atoms with van der Waals surface area (Å²) >= 11 is 0. The normalized spacial score (nSPS) is 15.9. The van der Waals surface area contributed by atoms with E-state index in [1.165, 1.54) is 6.08 Å². The van der Waals surface area contributed by atoms with Crippen molar-refractivity contribution in [2.45, 2.75) is 0 Å². The third-order valence-corrected chi connectivity index (χ3v) is 2.30. The third-order valence-electron chi connectivity index (χ3n) is 2.30. The van der Waals surface area contributed by atoms with Crippen LogP contribution in [-0.2, 0) is 4.79 Å². The van der Waals surface area contributed by atoms with E-state index in [2.05, 4.69) is 9.98 Å². The summed E-state index contributed by atoms with van der Waals surface area (Å²) in [6, 6.07) is 3.93. The number of hydrogen-bond donors (Lipinski definition) is 0. The minimum Gasteiger partial charge on any atom is -0.267 e.